The Bertz CT molecular complexity index is 813. The molecule has 0 aliphatic rings. The van der Waals surface area contributed by atoms with Gasteiger partial charge in [-0.2, -0.15) is 8.42 Å². The van der Waals surface area contributed by atoms with Gasteiger partial charge in [0.15, 0.2) is 0 Å². The molecule has 3 atom stereocenters. The molecule has 0 spiro atoms. The normalized spacial score (nSPS) is 14.4. The smallest absolute Gasteiger partial charge is 0.266 e. The van der Waals surface area contributed by atoms with E-state index in [2.05, 4.69) is 43.5 Å². The molecule has 7 nitrogen and oxygen atoms in total. The van der Waals surface area contributed by atoms with E-state index in [1.165, 1.54) is 77.0 Å². The van der Waals surface area contributed by atoms with E-state index < -0.39 is 40.0 Å². The maximum absolute atomic E-state index is 12.5. The fraction of sp³-hybridized carbons (Fsp3) is 0.861. The third-order valence-corrected chi connectivity index (χ3v) is 9.05. The number of rotatable bonds is 32. The molecule has 0 aliphatic heterocycles. The van der Waals surface area contributed by atoms with Crippen molar-refractivity contribution in [3.63, 3.8) is 0 Å². The van der Waals surface area contributed by atoms with Crippen molar-refractivity contribution in [1.29, 1.82) is 0 Å². The summed E-state index contributed by atoms with van der Waals surface area (Å²) in [5, 5.41) is 23.4. The van der Waals surface area contributed by atoms with Gasteiger partial charge in [-0.25, -0.2) is 0 Å². The molecule has 1 amide bonds. The minimum Gasteiger partial charge on any atom is -0.391 e. The zero-order valence-electron chi connectivity index (χ0n) is 28.4. The molecule has 260 valence electrons. The third-order valence-electron chi connectivity index (χ3n) is 8.27. The molecule has 0 fully saturated rings. The van der Waals surface area contributed by atoms with Gasteiger partial charge in [0.1, 0.15) is 6.10 Å². The minimum absolute atomic E-state index is 0.286. The number of amides is 1. The Hall–Kier alpha value is -1.22. The Morgan fingerprint density at radius 2 is 1.02 bits per heavy atom. The van der Waals surface area contributed by atoms with Crippen molar-refractivity contribution < 1.29 is 28.0 Å². The first-order valence-corrected chi connectivity index (χ1v) is 19.7. The molecule has 0 aromatic carbocycles. The summed E-state index contributed by atoms with van der Waals surface area (Å²) in [5.41, 5.74) is 0. The number of allylic oxidation sites excluding steroid dienone is 4. The van der Waals surface area contributed by atoms with E-state index in [4.69, 9.17) is 0 Å². The van der Waals surface area contributed by atoms with E-state index in [1.54, 1.807) is 0 Å². The minimum atomic E-state index is -4.40. The number of carbonyl (C=O) groups is 1. The highest BCUT2D eigenvalue weighted by Crippen LogP contribution is 2.15. The van der Waals surface area contributed by atoms with Crippen molar-refractivity contribution in [2.75, 3.05) is 5.75 Å². The molecule has 0 saturated heterocycles. The standard InChI is InChI=1S/C36H69NO6S/c1-3-5-7-9-11-13-15-16-17-18-19-21-23-25-27-29-31-35(39)36(40)37-33(32-44(41,42)43)34(38)30-28-26-24-22-20-14-12-10-8-6-4-2/h11,13,16-17,33-35,38-39H,3-10,12,14-15,18-32H2,1-2H3,(H,37,40)(H,41,42,43)/b13-11-,17-16-. The number of aliphatic hydroxyl groups is 2. The summed E-state index contributed by atoms with van der Waals surface area (Å²) in [7, 11) is -4.40. The number of unbranched alkanes of at least 4 members (excludes halogenated alkanes) is 19. The van der Waals surface area contributed by atoms with Crippen LogP contribution in [0.2, 0.25) is 0 Å². The molecule has 0 rings (SSSR count). The summed E-state index contributed by atoms with van der Waals surface area (Å²) in [6.45, 7) is 4.45. The first-order chi connectivity index (χ1) is 21.2. The van der Waals surface area contributed by atoms with Gasteiger partial charge in [0, 0.05) is 0 Å². The van der Waals surface area contributed by atoms with Crippen LogP contribution in [0.4, 0.5) is 0 Å². The lowest BCUT2D eigenvalue weighted by Gasteiger charge is -2.24. The van der Waals surface area contributed by atoms with Gasteiger partial charge in [0.2, 0.25) is 5.91 Å². The highest BCUT2D eigenvalue weighted by molar-refractivity contribution is 7.85. The molecule has 0 aliphatic carbocycles. The first-order valence-electron chi connectivity index (χ1n) is 18.1. The van der Waals surface area contributed by atoms with Gasteiger partial charge < -0.3 is 15.5 Å². The van der Waals surface area contributed by atoms with Crippen LogP contribution in [0.1, 0.15) is 174 Å². The molecular weight excluding hydrogens is 574 g/mol. The zero-order valence-corrected chi connectivity index (χ0v) is 29.2. The fourth-order valence-corrected chi connectivity index (χ4v) is 6.19. The summed E-state index contributed by atoms with van der Waals surface area (Å²) < 4.78 is 32.4. The van der Waals surface area contributed by atoms with Crippen LogP contribution in [-0.2, 0) is 14.9 Å². The summed E-state index contributed by atoms with van der Waals surface area (Å²) in [5.74, 6) is -1.46. The molecule has 8 heteroatoms. The monoisotopic (exact) mass is 643 g/mol. The lowest BCUT2D eigenvalue weighted by atomic mass is 10.0. The Morgan fingerprint density at radius 1 is 0.614 bits per heavy atom. The van der Waals surface area contributed by atoms with E-state index in [0.717, 1.165) is 57.8 Å². The average molecular weight is 644 g/mol. The van der Waals surface area contributed by atoms with Crippen LogP contribution in [-0.4, -0.2) is 53.1 Å². The first kappa shape index (κ1) is 42.8. The second-order valence-corrected chi connectivity index (χ2v) is 14.1. The highest BCUT2D eigenvalue weighted by atomic mass is 32.2. The topological polar surface area (TPSA) is 124 Å². The largest absolute Gasteiger partial charge is 0.391 e. The van der Waals surface area contributed by atoms with Crippen molar-refractivity contribution >= 4 is 16.0 Å². The van der Waals surface area contributed by atoms with Gasteiger partial charge >= 0.3 is 0 Å². The van der Waals surface area contributed by atoms with Crippen LogP contribution in [0, 0.1) is 0 Å². The van der Waals surface area contributed by atoms with E-state index in [0.29, 0.717) is 19.3 Å². The molecule has 0 saturated carbocycles. The van der Waals surface area contributed by atoms with Gasteiger partial charge in [-0.3, -0.25) is 9.35 Å². The van der Waals surface area contributed by atoms with Crippen molar-refractivity contribution in [2.45, 2.75) is 193 Å². The molecule has 44 heavy (non-hydrogen) atoms. The maximum Gasteiger partial charge on any atom is 0.266 e. The molecule has 3 unspecified atom stereocenters. The van der Waals surface area contributed by atoms with Gasteiger partial charge in [-0.1, -0.05) is 154 Å². The van der Waals surface area contributed by atoms with Gasteiger partial charge in [-0.15, -0.1) is 0 Å². The third kappa shape index (κ3) is 29.5. The van der Waals surface area contributed by atoms with Crippen molar-refractivity contribution in [1.82, 2.24) is 5.32 Å². The van der Waals surface area contributed by atoms with E-state index in [9.17, 15) is 28.0 Å². The SMILES string of the molecule is CCCCC/C=C\C/C=C\CCCCCCCCC(O)C(=O)NC(CS(=O)(=O)O)C(O)CCCCCCCCCCCCC. The average Bonchev–Trinajstić information content (AvgIpc) is 2.98. The van der Waals surface area contributed by atoms with Gasteiger partial charge in [-0.05, 0) is 44.9 Å². The Labute approximate surface area is 271 Å². The molecule has 0 bridgehead atoms. The maximum atomic E-state index is 12.5. The summed E-state index contributed by atoms with van der Waals surface area (Å²) >= 11 is 0. The van der Waals surface area contributed by atoms with Crippen LogP contribution in [0.3, 0.4) is 0 Å². The number of nitrogens with one attached hydrogen (secondary N) is 1. The zero-order chi connectivity index (χ0) is 32.7. The fourth-order valence-electron chi connectivity index (χ4n) is 5.43. The van der Waals surface area contributed by atoms with Gasteiger partial charge in [0.25, 0.3) is 10.1 Å². The van der Waals surface area contributed by atoms with Crippen molar-refractivity contribution in [3.05, 3.63) is 24.3 Å². The van der Waals surface area contributed by atoms with Gasteiger partial charge in [0.05, 0.1) is 17.9 Å². The van der Waals surface area contributed by atoms with Crippen LogP contribution >= 0.6 is 0 Å². The predicted octanol–water partition coefficient (Wildman–Crippen LogP) is 8.99. The molecule has 0 radical (unpaired) electrons. The second-order valence-electron chi connectivity index (χ2n) is 12.6. The second kappa shape index (κ2) is 30.4. The Morgan fingerprint density at radius 3 is 1.52 bits per heavy atom. The Balaban J connectivity index is 4.07. The molecule has 0 heterocycles. The summed E-state index contributed by atoms with van der Waals surface area (Å²) in [4.78, 5) is 12.5. The van der Waals surface area contributed by atoms with Crippen LogP contribution in [0.25, 0.3) is 0 Å². The highest BCUT2D eigenvalue weighted by Gasteiger charge is 2.28. The van der Waals surface area contributed by atoms with Crippen LogP contribution < -0.4 is 5.32 Å². The summed E-state index contributed by atoms with van der Waals surface area (Å²) in [6, 6.07) is -1.15. The lowest BCUT2D eigenvalue weighted by molar-refractivity contribution is -0.131. The van der Waals surface area contributed by atoms with E-state index in [-0.39, 0.29) is 6.42 Å². The molecule has 0 aromatic rings. The van der Waals surface area contributed by atoms with E-state index >= 15 is 0 Å². The number of hydrogen-bond acceptors (Lipinski definition) is 5. The van der Waals surface area contributed by atoms with Crippen molar-refractivity contribution in [3.8, 4) is 0 Å². The Kier molecular flexibility index (Phi) is 29.6. The number of carbonyl (C=O) groups excluding carboxylic acids is 1. The number of aliphatic hydroxyl groups excluding tert-OH is 2. The lowest BCUT2D eigenvalue weighted by Crippen LogP contribution is -2.50. The quantitative estimate of drug-likeness (QED) is 0.0329. The summed E-state index contributed by atoms with van der Waals surface area (Å²) in [6.07, 6.45) is 33.3. The molecular formula is C36H69NO6S. The molecule has 4 N–H and O–H groups in total. The predicted molar refractivity (Wildman–Crippen MR) is 185 cm³/mol. The van der Waals surface area contributed by atoms with E-state index in [1.807, 2.05) is 0 Å². The van der Waals surface area contributed by atoms with Crippen LogP contribution in [0.5, 0.6) is 0 Å². The number of hydrogen-bond donors (Lipinski definition) is 4. The molecule has 0 aromatic heterocycles. The van der Waals surface area contributed by atoms with Crippen molar-refractivity contribution in [2.24, 2.45) is 0 Å². The van der Waals surface area contributed by atoms with Crippen LogP contribution in [0.15, 0.2) is 24.3 Å².